The van der Waals surface area contributed by atoms with Crippen LogP contribution in [0.5, 0.6) is 11.5 Å². The molecule has 1 aromatic heterocycles. The van der Waals surface area contributed by atoms with Crippen molar-refractivity contribution in [3.05, 3.63) is 92.8 Å². The Hall–Kier alpha value is -3.61. The van der Waals surface area contributed by atoms with Gasteiger partial charge in [0.2, 0.25) is 0 Å². The standard InChI is InChI=1S/C22H21N3O4/c1-24-14-19(20(26)23-22(24)28)21(27)25-11-10-16(13-25)15-6-5-9-18(12-15)29-17-7-3-2-4-8-17/h2-9,12,14,16H,10-11,13H2,1H3,(H,23,26,28). The molecule has 0 aliphatic carbocycles. The Morgan fingerprint density at radius 3 is 2.62 bits per heavy atom. The predicted molar refractivity (Wildman–Crippen MR) is 109 cm³/mol. The Morgan fingerprint density at radius 2 is 1.83 bits per heavy atom. The molecule has 29 heavy (non-hydrogen) atoms. The van der Waals surface area contributed by atoms with E-state index in [0.717, 1.165) is 23.5 Å². The first-order valence-electron chi connectivity index (χ1n) is 9.43. The number of benzene rings is 2. The van der Waals surface area contributed by atoms with Gasteiger partial charge in [-0.2, -0.15) is 0 Å². The van der Waals surface area contributed by atoms with Crippen LogP contribution in [0.2, 0.25) is 0 Å². The second-order valence-corrected chi connectivity index (χ2v) is 7.14. The van der Waals surface area contributed by atoms with Crippen molar-refractivity contribution in [2.24, 2.45) is 7.05 Å². The molecule has 1 saturated heterocycles. The van der Waals surface area contributed by atoms with Crippen LogP contribution in [0.4, 0.5) is 0 Å². The van der Waals surface area contributed by atoms with Gasteiger partial charge < -0.3 is 14.2 Å². The molecular weight excluding hydrogens is 370 g/mol. The summed E-state index contributed by atoms with van der Waals surface area (Å²) in [5.41, 5.74) is -0.127. The van der Waals surface area contributed by atoms with E-state index in [1.807, 2.05) is 54.6 Å². The number of aryl methyl sites for hydroxylation is 1. The molecule has 1 N–H and O–H groups in total. The summed E-state index contributed by atoms with van der Waals surface area (Å²) in [5.74, 6) is 1.31. The quantitative estimate of drug-likeness (QED) is 0.741. The maximum atomic E-state index is 12.8. The van der Waals surface area contributed by atoms with E-state index in [4.69, 9.17) is 4.74 Å². The van der Waals surface area contributed by atoms with Crippen molar-refractivity contribution in [1.29, 1.82) is 0 Å². The summed E-state index contributed by atoms with van der Waals surface area (Å²) in [6, 6.07) is 17.4. The Bertz CT molecular complexity index is 1150. The minimum absolute atomic E-state index is 0.0195. The molecule has 148 valence electrons. The molecule has 1 aliphatic heterocycles. The van der Waals surface area contributed by atoms with Crippen molar-refractivity contribution in [3.63, 3.8) is 0 Å². The Balaban J connectivity index is 1.49. The summed E-state index contributed by atoms with van der Waals surface area (Å²) in [6.45, 7) is 1.06. The SMILES string of the molecule is Cn1cc(C(=O)N2CCC(c3cccc(Oc4ccccc4)c3)C2)c(=O)[nH]c1=O. The zero-order chi connectivity index (χ0) is 20.4. The highest BCUT2D eigenvalue weighted by Gasteiger charge is 2.29. The third kappa shape index (κ3) is 3.99. The lowest BCUT2D eigenvalue weighted by Crippen LogP contribution is -2.37. The highest BCUT2D eigenvalue weighted by molar-refractivity contribution is 5.93. The average Bonchev–Trinajstić information content (AvgIpc) is 3.22. The third-order valence-electron chi connectivity index (χ3n) is 5.12. The van der Waals surface area contributed by atoms with Gasteiger partial charge in [-0.3, -0.25) is 14.6 Å². The molecule has 0 radical (unpaired) electrons. The smallest absolute Gasteiger partial charge is 0.328 e. The third-order valence-corrected chi connectivity index (χ3v) is 5.12. The number of aromatic amines is 1. The van der Waals surface area contributed by atoms with Gasteiger partial charge >= 0.3 is 5.69 Å². The molecule has 2 aromatic carbocycles. The summed E-state index contributed by atoms with van der Waals surface area (Å²) in [5, 5.41) is 0. The first-order chi connectivity index (χ1) is 14.0. The van der Waals surface area contributed by atoms with Crippen LogP contribution in [0.3, 0.4) is 0 Å². The number of likely N-dealkylation sites (tertiary alicyclic amines) is 1. The summed E-state index contributed by atoms with van der Waals surface area (Å²) >= 11 is 0. The van der Waals surface area contributed by atoms with E-state index < -0.39 is 11.2 Å². The number of carbonyl (C=O) groups is 1. The molecule has 1 aliphatic rings. The lowest BCUT2D eigenvalue weighted by molar-refractivity contribution is 0.0788. The summed E-state index contributed by atoms with van der Waals surface area (Å²) in [6.07, 6.45) is 2.09. The Morgan fingerprint density at radius 1 is 1.07 bits per heavy atom. The van der Waals surface area contributed by atoms with E-state index in [1.54, 1.807) is 4.90 Å². The first kappa shape index (κ1) is 18.7. The molecule has 3 aromatic rings. The number of nitrogens with zero attached hydrogens (tertiary/aromatic N) is 2. The van der Waals surface area contributed by atoms with Crippen LogP contribution >= 0.6 is 0 Å². The number of hydrogen-bond acceptors (Lipinski definition) is 4. The van der Waals surface area contributed by atoms with Gasteiger partial charge in [0.25, 0.3) is 11.5 Å². The lowest BCUT2D eigenvalue weighted by Gasteiger charge is -2.17. The molecule has 1 amide bonds. The normalized spacial score (nSPS) is 16.0. The van der Waals surface area contributed by atoms with Crippen LogP contribution < -0.4 is 16.0 Å². The van der Waals surface area contributed by atoms with Crippen LogP contribution in [0.15, 0.2) is 70.4 Å². The van der Waals surface area contributed by atoms with Gasteiger partial charge in [0, 0.05) is 32.3 Å². The van der Waals surface area contributed by atoms with Crippen LogP contribution in [-0.4, -0.2) is 33.4 Å². The molecule has 1 atom stereocenters. The van der Waals surface area contributed by atoms with Gasteiger partial charge in [0.05, 0.1) is 0 Å². The first-order valence-corrected chi connectivity index (χ1v) is 9.43. The van der Waals surface area contributed by atoms with Crippen molar-refractivity contribution in [3.8, 4) is 11.5 Å². The second-order valence-electron chi connectivity index (χ2n) is 7.14. The van der Waals surface area contributed by atoms with E-state index in [1.165, 1.54) is 17.8 Å². The molecule has 0 bridgehead atoms. The number of carbonyl (C=O) groups excluding carboxylic acids is 1. The van der Waals surface area contributed by atoms with Crippen molar-refractivity contribution in [2.45, 2.75) is 12.3 Å². The molecule has 7 nitrogen and oxygen atoms in total. The summed E-state index contributed by atoms with van der Waals surface area (Å²) < 4.78 is 7.10. The van der Waals surface area contributed by atoms with Gasteiger partial charge in [-0.1, -0.05) is 30.3 Å². The van der Waals surface area contributed by atoms with Gasteiger partial charge in [-0.05, 0) is 36.2 Å². The van der Waals surface area contributed by atoms with E-state index in [0.29, 0.717) is 13.1 Å². The monoisotopic (exact) mass is 391 g/mol. The van der Waals surface area contributed by atoms with Crippen molar-refractivity contribution < 1.29 is 9.53 Å². The fourth-order valence-corrected chi connectivity index (χ4v) is 3.56. The molecule has 0 spiro atoms. The highest BCUT2D eigenvalue weighted by Crippen LogP contribution is 2.31. The number of ether oxygens (including phenoxy) is 1. The van der Waals surface area contributed by atoms with Crippen LogP contribution in [0.25, 0.3) is 0 Å². The molecule has 1 unspecified atom stereocenters. The maximum Gasteiger partial charge on any atom is 0.328 e. The molecule has 7 heteroatoms. The number of amides is 1. The van der Waals surface area contributed by atoms with Crippen molar-refractivity contribution >= 4 is 5.91 Å². The van der Waals surface area contributed by atoms with Crippen molar-refractivity contribution in [1.82, 2.24) is 14.5 Å². The topological polar surface area (TPSA) is 84.4 Å². The minimum Gasteiger partial charge on any atom is -0.457 e. The number of aromatic nitrogens is 2. The van der Waals surface area contributed by atoms with Crippen molar-refractivity contribution in [2.75, 3.05) is 13.1 Å². The zero-order valence-corrected chi connectivity index (χ0v) is 16.0. The number of para-hydroxylation sites is 1. The Labute approximate surface area is 167 Å². The van der Waals surface area contributed by atoms with Gasteiger partial charge in [0.15, 0.2) is 0 Å². The fourth-order valence-electron chi connectivity index (χ4n) is 3.56. The highest BCUT2D eigenvalue weighted by atomic mass is 16.5. The lowest BCUT2D eigenvalue weighted by atomic mass is 9.98. The van der Waals surface area contributed by atoms with E-state index in [2.05, 4.69) is 4.98 Å². The molecule has 4 rings (SSSR count). The van der Waals surface area contributed by atoms with E-state index >= 15 is 0 Å². The maximum absolute atomic E-state index is 12.8. The average molecular weight is 391 g/mol. The molecule has 2 heterocycles. The number of rotatable bonds is 4. The largest absolute Gasteiger partial charge is 0.457 e. The van der Waals surface area contributed by atoms with E-state index in [-0.39, 0.29) is 17.4 Å². The summed E-state index contributed by atoms with van der Waals surface area (Å²) in [4.78, 5) is 40.1. The zero-order valence-electron chi connectivity index (χ0n) is 16.0. The van der Waals surface area contributed by atoms with Gasteiger partial charge in [-0.15, -0.1) is 0 Å². The van der Waals surface area contributed by atoms with Crippen LogP contribution in [-0.2, 0) is 7.05 Å². The van der Waals surface area contributed by atoms with Gasteiger partial charge in [0.1, 0.15) is 17.1 Å². The van der Waals surface area contributed by atoms with Gasteiger partial charge in [-0.25, -0.2) is 4.79 Å². The molecular formula is C22H21N3O4. The molecule has 1 fully saturated rings. The van der Waals surface area contributed by atoms with E-state index in [9.17, 15) is 14.4 Å². The minimum atomic E-state index is -0.653. The molecule has 0 saturated carbocycles. The van der Waals surface area contributed by atoms with Crippen LogP contribution in [0.1, 0.15) is 28.3 Å². The Kier molecular flexibility index (Phi) is 5.03. The summed E-state index contributed by atoms with van der Waals surface area (Å²) in [7, 11) is 1.50. The fraction of sp³-hybridized carbons (Fsp3) is 0.227. The number of nitrogens with one attached hydrogen (secondary N) is 1. The predicted octanol–water partition coefficient (Wildman–Crippen LogP) is 2.50. The number of hydrogen-bond donors (Lipinski definition) is 1. The number of H-pyrrole nitrogens is 1. The second kappa shape index (κ2) is 7.79. The van der Waals surface area contributed by atoms with Crippen LogP contribution in [0, 0.1) is 0 Å².